The van der Waals surface area contributed by atoms with Gasteiger partial charge >= 0.3 is 5.69 Å². The number of nitrogens with one attached hydrogen (secondary N) is 3. The molecular weight excluding hydrogens is 414 g/mol. The standard InChI is InChI=1S/C17H15N7O5S/c25-17(11-3-5-12(6-4-11)23(26)27)22-21-16-14(24(28)29)15(19-10-20-16)18-8-7-13-2-1-9-30-13/h1-6,9-10H,7-8H2,(H,22,25)(H2,18,19,20,21). The average Bonchev–Trinajstić information content (AvgIpc) is 3.25. The Labute approximate surface area is 173 Å². The number of nitro benzene ring substituents is 1. The zero-order valence-electron chi connectivity index (χ0n) is 15.3. The summed E-state index contributed by atoms with van der Waals surface area (Å²) in [5, 5.41) is 27.0. The van der Waals surface area contributed by atoms with Crippen LogP contribution in [0, 0.1) is 20.2 Å². The summed E-state index contributed by atoms with van der Waals surface area (Å²) < 4.78 is 0. The van der Waals surface area contributed by atoms with Gasteiger partial charge in [-0.15, -0.1) is 11.3 Å². The number of thiophene rings is 1. The van der Waals surface area contributed by atoms with Crippen LogP contribution in [0.2, 0.25) is 0 Å². The molecule has 3 N–H and O–H groups in total. The maximum atomic E-state index is 12.2. The minimum Gasteiger partial charge on any atom is -0.364 e. The molecule has 0 unspecified atom stereocenters. The molecule has 154 valence electrons. The smallest absolute Gasteiger partial charge is 0.354 e. The highest BCUT2D eigenvalue weighted by Gasteiger charge is 2.23. The van der Waals surface area contributed by atoms with Crippen molar-refractivity contribution in [2.24, 2.45) is 0 Å². The van der Waals surface area contributed by atoms with E-state index in [2.05, 4.69) is 26.1 Å². The fourth-order valence-electron chi connectivity index (χ4n) is 2.45. The van der Waals surface area contributed by atoms with E-state index in [0.29, 0.717) is 13.0 Å². The predicted octanol–water partition coefficient (Wildman–Crippen LogP) is 2.77. The highest BCUT2D eigenvalue weighted by atomic mass is 32.1. The molecule has 0 spiro atoms. The van der Waals surface area contributed by atoms with Gasteiger partial charge in [-0.1, -0.05) is 6.07 Å². The van der Waals surface area contributed by atoms with Crippen LogP contribution in [0.15, 0.2) is 48.1 Å². The summed E-state index contributed by atoms with van der Waals surface area (Å²) in [6.07, 6.45) is 1.79. The summed E-state index contributed by atoms with van der Waals surface area (Å²) in [6.45, 7) is 0.424. The van der Waals surface area contributed by atoms with E-state index in [9.17, 15) is 25.0 Å². The predicted molar refractivity (Wildman–Crippen MR) is 109 cm³/mol. The molecular formula is C17H15N7O5S. The molecule has 1 amide bonds. The lowest BCUT2D eigenvalue weighted by molar-refractivity contribution is -0.384. The van der Waals surface area contributed by atoms with Gasteiger partial charge in [-0.25, -0.2) is 9.97 Å². The Morgan fingerprint density at radius 2 is 1.77 bits per heavy atom. The van der Waals surface area contributed by atoms with Gasteiger partial charge in [0, 0.05) is 29.1 Å². The zero-order chi connectivity index (χ0) is 21.5. The van der Waals surface area contributed by atoms with E-state index in [0.717, 1.165) is 11.2 Å². The van der Waals surface area contributed by atoms with Gasteiger partial charge < -0.3 is 5.32 Å². The number of nitro groups is 2. The lowest BCUT2D eigenvalue weighted by Crippen LogP contribution is -2.30. The number of amides is 1. The lowest BCUT2D eigenvalue weighted by Gasteiger charge is -2.10. The topological polar surface area (TPSA) is 165 Å². The summed E-state index contributed by atoms with van der Waals surface area (Å²) in [4.78, 5) is 42.0. The zero-order valence-corrected chi connectivity index (χ0v) is 16.1. The van der Waals surface area contributed by atoms with Gasteiger partial charge in [-0.3, -0.25) is 35.9 Å². The van der Waals surface area contributed by atoms with Crippen molar-refractivity contribution in [3.05, 3.63) is 78.8 Å². The van der Waals surface area contributed by atoms with Crippen molar-refractivity contribution < 1.29 is 14.6 Å². The maximum absolute atomic E-state index is 12.2. The van der Waals surface area contributed by atoms with Crippen molar-refractivity contribution in [3.8, 4) is 0 Å². The van der Waals surface area contributed by atoms with Gasteiger partial charge in [0.1, 0.15) is 6.33 Å². The molecule has 0 aliphatic rings. The van der Waals surface area contributed by atoms with E-state index in [1.165, 1.54) is 24.3 Å². The molecule has 2 aromatic heterocycles. The monoisotopic (exact) mass is 429 g/mol. The number of hydrogen-bond acceptors (Lipinski definition) is 10. The fraction of sp³-hybridized carbons (Fsp3) is 0.118. The molecule has 0 atom stereocenters. The van der Waals surface area contributed by atoms with E-state index >= 15 is 0 Å². The Kier molecular flexibility index (Phi) is 6.44. The number of benzene rings is 1. The summed E-state index contributed by atoms with van der Waals surface area (Å²) in [5.74, 6) is -0.840. The van der Waals surface area contributed by atoms with Crippen molar-refractivity contribution in [2.75, 3.05) is 17.3 Å². The molecule has 0 aliphatic heterocycles. The van der Waals surface area contributed by atoms with E-state index in [1.54, 1.807) is 11.3 Å². The molecule has 3 rings (SSSR count). The average molecular weight is 429 g/mol. The van der Waals surface area contributed by atoms with Crippen LogP contribution in [0.25, 0.3) is 0 Å². The van der Waals surface area contributed by atoms with Crippen LogP contribution in [0.1, 0.15) is 15.2 Å². The number of hydrazine groups is 1. The van der Waals surface area contributed by atoms with E-state index in [1.807, 2.05) is 17.5 Å². The van der Waals surface area contributed by atoms with Gasteiger partial charge in [-0.05, 0) is 30.0 Å². The molecule has 13 heteroatoms. The molecule has 0 radical (unpaired) electrons. The summed E-state index contributed by atoms with van der Waals surface area (Å²) >= 11 is 1.58. The first-order chi connectivity index (χ1) is 14.5. The van der Waals surface area contributed by atoms with Gasteiger partial charge in [-0.2, -0.15) is 0 Å². The van der Waals surface area contributed by atoms with Crippen LogP contribution in [-0.4, -0.2) is 32.3 Å². The minimum absolute atomic E-state index is 0.0126. The second-order valence-electron chi connectivity index (χ2n) is 5.82. The summed E-state index contributed by atoms with van der Waals surface area (Å²) in [7, 11) is 0. The first-order valence-electron chi connectivity index (χ1n) is 8.52. The van der Waals surface area contributed by atoms with Gasteiger partial charge in [0.25, 0.3) is 11.6 Å². The SMILES string of the molecule is O=C(NNc1ncnc(NCCc2cccs2)c1[N+](=O)[O-])c1ccc([N+](=O)[O-])cc1. The van der Waals surface area contributed by atoms with Crippen LogP contribution < -0.4 is 16.2 Å². The number of carbonyl (C=O) groups is 1. The normalized spacial score (nSPS) is 10.3. The fourth-order valence-corrected chi connectivity index (χ4v) is 3.16. The molecule has 12 nitrogen and oxygen atoms in total. The molecule has 0 saturated carbocycles. The molecule has 0 fully saturated rings. The first-order valence-corrected chi connectivity index (χ1v) is 9.40. The van der Waals surface area contributed by atoms with Crippen molar-refractivity contribution >= 4 is 40.3 Å². The number of non-ortho nitro benzene ring substituents is 1. The molecule has 0 saturated heterocycles. The first kappa shape index (κ1) is 20.6. The van der Waals surface area contributed by atoms with Crippen molar-refractivity contribution in [1.82, 2.24) is 15.4 Å². The third-order valence-electron chi connectivity index (χ3n) is 3.88. The van der Waals surface area contributed by atoms with Gasteiger partial charge in [0.15, 0.2) is 0 Å². The Bertz CT molecular complexity index is 1060. The second kappa shape index (κ2) is 9.38. The van der Waals surface area contributed by atoms with Crippen LogP contribution in [0.3, 0.4) is 0 Å². The summed E-state index contributed by atoms with van der Waals surface area (Å²) in [5.41, 5.74) is 4.23. The molecule has 0 aliphatic carbocycles. The van der Waals surface area contributed by atoms with Crippen LogP contribution in [0.4, 0.5) is 23.0 Å². The quantitative estimate of drug-likeness (QED) is 0.342. The minimum atomic E-state index is -0.659. The Hall–Kier alpha value is -4.13. The van der Waals surface area contributed by atoms with Crippen LogP contribution in [-0.2, 0) is 6.42 Å². The molecule has 30 heavy (non-hydrogen) atoms. The largest absolute Gasteiger partial charge is 0.364 e. The van der Waals surface area contributed by atoms with E-state index in [-0.39, 0.29) is 22.9 Å². The number of nitrogens with zero attached hydrogens (tertiary/aromatic N) is 4. The van der Waals surface area contributed by atoms with E-state index < -0.39 is 21.4 Å². The molecule has 3 aromatic rings. The summed E-state index contributed by atoms with van der Waals surface area (Å²) in [6, 6.07) is 8.77. The molecule has 0 bridgehead atoms. The highest BCUT2D eigenvalue weighted by Crippen LogP contribution is 2.28. The third-order valence-corrected chi connectivity index (χ3v) is 4.82. The number of aromatic nitrogens is 2. The van der Waals surface area contributed by atoms with Crippen molar-refractivity contribution in [2.45, 2.75) is 6.42 Å². The Morgan fingerprint density at radius 3 is 2.40 bits per heavy atom. The number of hydrogen-bond donors (Lipinski definition) is 3. The third kappa shape index (κ3) is 5.02. The highest BCUT2D eigenvalue weighted by molar-refractivity contribution is 7.09. The van der Waals surface area contributed by atoms with Crippen LogP contribution >= 0.6 is 11.3 Å². The second-order valence-corrected chi connectivity index (χ2v) is 6.85. The van der Waals surface area contributed by atoms with Gasteiger partial charge in [0.2, 0.25) is 11.6 Å². The molecule has 2 heterocycles. The Morgan fingerprint density at radius 1 is 1.03 bits per heavy atom. The number of anilines is 2. The Balaban J connectivity index is 1.68. The number of rotatable bonds is 9. The van der Waals surface area contributed by atoms with Crippen molar-refractivity contribution in [1.29, 1.82) is 0 Å². The maximum Gasteiger partial charge on any atom is 0.354 e. The van der Waals surface area contributed by atoms with Crippen molar-refractivity contribution in [3.63, 3.8) is 0 Å². The van der Waals surface area contributed by atoms with E-state index in [4.69, 9.17) is 0 Å². The lowest BCUT2D eigenvalue weighted by atomic mass is 10.2. The molecule has 1 aromatic carbocycles. The van der Waals surface area contributed by atoms with Crippen LogP contribution in [0.5, 0.6) is 0 Å². The number of carbonyl (C=O) groups excluding carboxylic acids is 1. The van der Waals surface area contributed by atoms with Gasteiger partial charge in [0.05, 0.1) is 9.85 Å².